The largest absolute Gasteiger partial charge is 0.325 e. The molecule has 0 atom stereocenters. The Morgan fingerprint density at radius 1 is 1.17 bits per heavy atom. The fourth-order valence-electron chi connectivity index (χ4n) is 3.53. The summed E-state index contributed by atoms with van der Waals surface area (Å²) < 4.78 is 1.66. The normalized spacial score (nSPS) is 12.6. The van der Waals surface area contributed by atoms with Crippen LogP contribution in [0.5, 0.6) is 0 Å². The number of thioether (sulfide) groups is 2. The second-order valence-corrected chi connectivity index (χ2v) is 9.45. The van der Waals surface area contributed by atoms with Crippen LogP contribution < -0.4 is 10.9 Å². The topological polar surface area (TPSA) is 64.0 Å². The molecule has 2 heterocycles. The van der Waals surface area contributed by atoms with Gasteiger partial charge in [-0.2, -0.15) is 0 Å². The molecule has 1 aliphatic heterocycles. The van der Waals surface area contributed by atoms with Crippen molar-refractivity contribution >= 4 is 35.1 Å². The Morgan fingerprint density at radius 3 is 2.63 bits per heavy atom. The number of amides is 1. The molecule has 4 rings (SSSR count). The minimum Gasteiger partial charge on any atom is -0.325 e. The molecular formula is C23H23N3O2S2. The van der Waals surface area contributed by atoms with E-state index in [2.05, 4.69) is 11.4 Å². The standard InChI is InChI=1S/C23H23N3O2S2/c1-14-10-15(2)12-17(11-14)26-22(28)21-19(8-9-29-21)25-23(26)30-13-20(27)24-18-7-5-4-6-16(18)3/h4-7,10-12H,8-9,13H2,1-3H3,(H,24,27). The smallest absolute Gasteiger partial charge is 0.272 e. The lowest BCUT2D eigenvalue weighted by Crippen LogP contribution is -2.25. The van der Waals surface area contributed by atoms with Crippen LogP contribution in [0.3, 0.4) is 0 Å². The van der Waals surface area contributed by atoms with E-state index in [1.165, 1.54) is 11.8 Å². The molecule has 1 N–H and O–H groups in total. The number of hydrogen-bond donors (Lipinski definition) is 1. The number of aromatic nitrogens is 2. The summed E-state index contributed by atoms with van der Waals surface area (Å²) in [4.78, 5) is 31.3. The van der Waals surface area contributed by atoms with E-state index in [4.69, 9.17) is 4.98 Å². The average Bonchev–Trinajstić information content (AvgIpc) is 3.16. The first-order valence-electron chi connectivity index (χ1n) is 9.78. The van der Waals surface area contributed by atoms with Gasteiger partial charge in [-0.3, -0.25) is 14.2 Å². The van der Waals surface area contributed by atoms with Gasteiger partial charge in [0.2, 0.25) is 5.91 Å². The Kier molecular flexibility index (Phi) is 6.01. The highest BCUT2D eigenvalue weighted by atomic mass is 32.2. The predicted octanol–water partition coefficient (Wildman–Crippen LogP) is 4.54. The van der Waals surface area contributed by atoms with Gasteiger partial charge < -0.3 is 5.32 Å². The van der Waals surface area contributed by atoms with Gasteiger partial charge in [0.1, 0.15) is 0 Å². The molecule has 0 saturated heterocycles. The van der Waals surface area contributed by atoms with Crippen LogP contribution in [0.15, 0.2) is 57.3 Å². The summed E-state index contributed by atoms with van der Waals surface area (Å²) in [5.74, 6) is 0.925. The van der Waals surface area contributed by atoms with E-state index in [9.17, 15) is 9.59 Å². The van der Waals surface area contributed by atoms with Crippen molar-refractivity contribution in [2.75, 3.05) is 16.8 Å². The molecule has 1 aliphatic rings. The minimum atomic E-state index is -0.120. The molecule has 3 aromatic rings. The van der Waals surface area contributed by atoms with Crippen molar-refractivity contribution in [2.45, 2.75) is 37.2 Å². The lowest BCUT2D eigenvalue weighted by molar-refractivity contribution is -0.113. The Balaban J connectivity index is 1.66. The summed E-state index contributed by atoms with van der Waals surface area (Å²) in [6.45, 7) is 5.99. The van der Waals surface area contributed by atoms with Crippen molar-refractivity contribution in [1.29, 1.82) is 0 Å². The first-order valence-corrected chi connectivity index (χ1v) is 11.7. The van der Waals surface area contributed by atoms with E-state index in [1.807, 2.05) is 57.2 Å². The zero-order chi connectivity index (χ0) is 21.3. The highest BCUT2D eigenvalue weighted by molar-refractivity contribution is 8.00. The molecule has 1 aromatic heterocycles. The summed E-state index contributed by atoms with van der Waals surface area (Å²) in [5, 5.41) is 3.51. The number of aryl methyl sites for hydroxylation is 4. The van der Waals surface area contributed by atoms with E-state index in [0.29, 0.717) is 5.16 Å². The van der Waals surface area contributed by atoms with Gasteiger partial charge in [0.05, 0.1) is 22.0 Å². The summed E-state index contributed by atoms with van der Waals surface area (Å²) in [7, 11) is 0. The Labute approximate surface area is 184 Å². The molecule has 0 unspecified atom stereocenters. The van der Waals surface area contributed by atoms with Gasteiger partial charge >= 0.3 is 0 Å². The molecule has 0 radical (unpaired) electrons. The van der Waals surface area contributed by atoms with E-state index in [1.54, 1.807) is 16.3 Å². The SMILES string of the molecule is Cc1cc(C)cc(-n2c(SCC(=O)Nc3ccccc3C)nc3c(c2=O)SCC3)c1. The number of rotatable bonds is 5. The average molecular weight is 438 g/mol. The quantitative estimate of drug-likeness (QED) is 0.469. The highest BCUT2D eigenvalue weighted by Crippen LogP contribution is 2.30. The number of carbonyl (C=O) groups is 1. The van der Waals surface area contributed by atoms with Crippen molar-refractivity contribution < 1.29 is 4.79 Å². The number of para-hydroxylation sites is 1. The molecule has 0 spiro atoms. The molecule has 0 saturated carbocycles. The predicted molar refractivity (Wildman–Crippen MR) is 124 cm³/mol. The van der Waals surface area contributed by atoms with Gasteiger partial charge in [0.15, 0.2) is 5.16 Å². The molecule has 2 aromatic carbocycles. The first-order chi connectivity index (χ1) is 14.4. The monoisotopic (exact) mass is 437 g/mol. The zero-order valence-corrected chi connectivity index (χ0v) is 18.8. The fourth-order valence-corrected chi connectivity index (χ4v) is 5.38. The Hall–Kier alpha value is -2.51. The second kappa shape index (κ2) is 8.70. The summed E-state index contributed by atoms with van der Waals surface area (Å²) in [6, 6.07) is 13.7. The van der Waals surface area contributed by atoms with Crippen molar-refractivity contribution in [3.8, 4) is 5.69 Å². The van der Waals surface area contributed by atoms with Crippen molar-refractivity contribution in [3.63, 3.8) is 0 Å². The zero-order valence-electron chi connectivity index (χ0n) is 17.2. The number of nitrogens with one attached hydrogen (secondary N) is 1. The van der Waals surface area contributed by atoms with Crippen LogP contribution in [-0.4, -0.2) is 27.0 Å². The maximum Gasteiger partial charge on any atom is 0.272 e. The second-order valence-electron chi connectivity index (χ2n) is 7.41. The summed E-state index contributed by atoms with van der Waals surface area (Å²) >= 11 is 2.86. The fraction of sp³-hybridized carbons (Fsp3) is 0.261. The van der Waals surface area contributed by atoms with Crippen LogP contribution >= 0.6 is 23.5 Å². The third kappa shape index (κ3) is 4.32. The lowest BCUT2D eigenvalue weighted by Gasteiger charge is -2.15. The number of carbonyl (C=O) groups excluding carboxylic acids is 1. The molecule has 5 nitrogen and oxygen atoms in total. The molecule has 1 amide bonds. The van der Waals surface area contributed by atoms with Crippen LogP contribution in [-0.2, 0) is 11.2 Å². The number of nitrogens with zero attached hydrogens (tertiary/aromatic N) is 2. The number of anilines is 1. The lowest BCUT2D eigenvalue weighted by atomic mass is 10.1. The van der Waals surface area contributed by atoms with Gasteiger partial charge in [-0.15, -0.1) is 11.8 Å². The van der Waals surface area contributed by atoms with Gasteiger partial charge in [-0.05, 0) is 55.7 Å². The molecule has 154 valence electrons. The maximum absolute atomic E-state index is 13.3. The van der Waals surface area contributed by atoms with Crippen LogP contribution in [0.2, 0.25) is 0 Å². The van der Waals surface area contributed by atoms with Crippen LogP contribution in [0.25, 0.3) is 5.69 Å². The van der Waals surface area contributed by atoms with E-state index in [0.717, 1.165) is 50.8 Å². The molecule has 0 fully saturated rings. The van der Waals surface area contributed by atoms with Gasteiger partial charge in [-0.1, -0.05) is 36.0 Å². The van der Waals surface area contributed by atoms with Crippen LogP contribution in [0, 0.1) is 20.8 Å². The third-order valence-electron chi connectivity index (χ3n) is 4.88. The number of hydrogen-bond acceptors (Lipinski definition) is 5. The van der Waals surface area contributed by atoms with Gasteiger partial charge in [0, 0.05) is 17.9 Å². The highest BCUT2D eigenvalue weighted by Gasteiger charge is 2.23. The van der Waals surface area contributed by atoms with Crippen molar-refractivity contribution in [3.05, 3.63) is 75.2 Å². The van der Waals surface area contributed by atoms with Crippen LogP contribution in [0.4, 0.5) is 5.69 Å². The number of fused-ring (bicyclic) bond motifs is 1. The minimum absolute atomic E-state index is 0.0469. The van der Waals surface area contributed by atoms with Gasteiger partial charge in [0.25, 0.3) is 5.56 Å². The molecule has 0 bridgehead atoms. The molecule has 30 heavy (non-hydrogen) atoms. The van der Waals surface area contributed by atoms with Crippen molar-refractivity contribution in [2.24, 2.45) is 0 Å². The third-order valence-corrected chi connectivity index (χ3v) is 6.93. The van der Waals surface area contributed by atoms with E-state index >= 15 is 0 Å². The van der Waals surface area contributed by atoms with Crippen LogP contribution in [0.1, 0.15) is 22.4 Å². The maximum atomic E-state index is 13.3. The van der Waals surface area contributed by atoms with E-state index in [-0.39, 0.29) is 17.2 Å². The molecule has 7 heteroatoms. The first kappa shape index (κ1) is 20.8. The Bertz CT molecular complexity index is 1170. The van der Waals surface area contributed by atoms with Crippen molar-refractivity contribution in [1.82, 2.24) is 9.55 Å². The molecule has 0 aliphatic carbocycles. The number of benzene rings is 2. The summed E-state index contributed by atoms with van der Waals surface area (Å²) in [5.41, 5.74) is 5.56. The van der Waals surface area contributed by atoms with Gasteiger partial charge in [-0.25, -0.2) is 4.98 Å². The Morgan fingerprint density at radius 2 is 1.90 bits per heavy atom. The van der Waals surface area contributed by atoms with E-state index < -0.39 is 0 Å². The summed E-state index contributed by atoms with van der Waals surface area (Å²) in [6.07, 6.45) is 0.784. The molecular weight excluding hydrogens is 414 g/mol.